The number of ether oxygens (including phenoxy) is 1. The fourth-order valence-electron chi connectivity index (χ4n) is 4.15. The molecule has 6 nitrogen and oxygen atoms in total. The van der Waals surface area contributed by atoms with E-state index in [0.29, 0.717) is 18.2 Å². The number of likely N-dealkylation sites (tertiary alicyclic amines) is 1. The Balaban J connectivity index is 1.66. The monoisotopic (exact) mass is 419 g/mol. The molecule has 0 aliphatic carbocycles. The molecule has 4 rings (SSSR count). The first kappa shape index (κ1) is 20.5. The maximum absolute atomic E-state index is 12.4. The Kier molecular flexibility index (Phi) is 5.55. The molecule has 2 aromatic rings. The number of nitrogen functional groups attached to an aromatic ring is 1. The van der Waals surface area contributed by atoms with Crippen molar-refractivity contribution in [2.75, 3.05) is 30.7 Å². The van der Waals surface area contributed by atoms with Crippen molar-refractivity contribution < 1.29 is 17.9 Å². The molecule has 160 valence electrons. The number of rotatable bonds is 4. The number of para-hydroxylation sites is 2. The second-order valence-corrected chi connectivity index (χ2v) is 7.83. The van der Waals surface area contributed by atoms with Crippen LogP contribution in [0.1, 0.15) is 24.9 Å². The number of hydrogen-bond acceptors (Lipinski definition) is 6. The van der Waals surface area contributed by atoms with Gasteiger partial charge in [0.15, 0.2) is 0 Å². The van der Waals surface area contributed by atoms with Gasteiger partial charge >= 0.3 is 6.30 Å². The molecule has 0 radical (unpaired) electrons. The molecule has 1 saturated heterocycles. The Morgan fingerprint density at radius 3 is 2.70 bits per heavy atom. The average Bonchev–Trinajstić information content (AvgIpc) is 3.14. The van der Waals surface area contributed by atoms with E-state index in [0.717, 1.165) is 30.8 Å². The third kappa shape index (κ3) is 4.35. The molecule has 0 spiro atoms. The van der Waals surface area contributed by atoms with Crippen LogP contribution in [0.3, 0.4) is 0 Å². The molecule has 3 N–H and O–H groups in total. The van der Waals surface area contributed by atoms with Gasteiger partial charge < -0.3 is 15.8 Å². The Hall–Kier alpha value is -2.81. The van der Waals surface area contributed by atoms with Crippen molar-refractivity contribution in [3.63, 3.8) is 0 Å². The van der Waals surface area contributed by atoms with Crippen molar-refractivity contribution >= 4 is 17.1 Å². The summed E-state index contributed by atoms with van der Waals surface area (Å²) < 4.78 is 43.3. The molecule has 30 heavy (non-hydrogen) atoms. The van der Waals surface area contributed by atoms with Gasteiger partial charge in [0.2, 0.25) is 0 Å². The van der Waals surface area contributed by atoms with Gasteiger partial charge in [-0.15, -0.1) is 18.3 Å². The predicted molar refractivity (Wildman–Crippen MR) is 109 cm³/mol. The summed E-state index contributed by atoms with van der Waals surface area (Å²) in [5.74, 6) is 1.41. The topological polar surface area (TPSA) is 75.2 Å². The van der Waals surface area contributed by atoms with Crippen LogP contribution in [0.2, 0.25) is 0 Å². The molecule has 2 heterocycles. The van der Waals surface area contributed by atoms with Gasteiger partial charge in [-0.1, -0.05) is 36.3 Å². The Labute approximate surface area is 172 Å². The maximum Gasteiger partial charge on any atom is 0.521 e. The summed E-state index contributed by atoms with van der Waals surface area (Å²) in [4.78, 5) is 2.40. The molecule has 3 atom stereocenters. The molecule has 0 aromatic heterocycles. The number of nitrogens with two attached hydrogens (primary N) is 1. The van der Waals surface area contributed by atoms with E-state index in [1.807, 2.05) is 24.3 Å². The van der Waals surface area contributed by atoms with Crippen molar-refractivity contribution in [2.24, 2.45) is 16.1 Å². The molecule has 0 saturated carbocycles. The SMILES string of the molecule is CC1CCN(C2COc3ccccc3C2Nc2cccc(N=NC(F)(F)F)c2N)C1. The van der Waals surface area contributed by atoms with Crippen LogP contribution in [0.5, 0.6) is 5.75 Å². The Bertz CT molecular complexity index is 933. The first-order chi connectivity index (χ1) is 14.3. The van der Waals surface area contributed by atoms with E-state index in [9.17, 15) is 13.2 Å². The number of benzene rings is 2. The van der Waals surface area contributed by atoms with Gasteiger partial charge in [-0.05, 0) is 37.1 Å². The largest absolute Gasteiger partial charge is 0.521 e. The van der Waals surface area contributed by atoms with Crippen molar-refractivity contribution in [1.29, 1.82) is 0 Å². The second kappa shape index (κ2) is 8.14. The van der Waals surface area contributed by atoms with Crippen LogP contribution in [0.4, 0.5) is 30.2 Å². The summed E-state index contributed by atoms with van der Waals surface area (Å²) in [7, 11) is 0. The summed E-state index contributed by atoms with van der Waals surface area (Å²) in [5.41, 5.74) is 7.76. The summed E-state index contributed by atoms with van der Waals surface area (Å²) in [5, 5.41) is 9.12. The lowest BCUT2D eigenvalue weighted by Gasteiger charge is -2.40. The first-order valence-electron chi connectivity index (χ1n) is 9.92. The van der Waals surface area contributed by atoms with Gasteiger partial charge in [-0.2, -0.15) is 0 Å². The number of alkyl halides is 3. The zero-order valence-corrected chi connectivity index (χ0v) is 16.6. The van der Waals surface area contributed by atoms with Crippen molar-refractivity contribution in [3.05, 3.63) is 48.0 Å². The highest BCUT2D eigenvalue weighted by Crippen LogP contribution is 2.40. The molecule has 2 aromatic carbocycles. The van der Waals surface area contributed by atoms with E-state index in [-0.39, 0.29) is 23.5 Å². The lowest BCUT2D eigenvalue weighted by Crippen LogP contribution is -2.47. The van der Waals surface area contributed by atoms with E-state index in [1.165, 1.54) is 6.07 Å². The van der Waals surface area contributed by atoms with Crippen LogP contribution >= 0.6 is 0 Å². The van der Waals surface area contributed by atoms with E-state index in [1.54, 1.807) is 12.1 Å². The number of fused-ring (bicyclic) bond motifs is 1. The fourth-order valence-corrected chi connectivity index (χ4v) is 4.15. The van der Waals surface area contributed by atoms with E-state index in [4.69, 9.17) is 10.5 Å². The van der Waals surface area contributed by atoms with Gasteiger partial charge in [-0.3, -0.25) is 4.90 Å². The summed E-state index contributed by atoms with van der Waals surface area (Å²) in [6, 6.07) is 12.5. The van der Waals surface area contributed by atoms with Crippen LogP contribution in [0, 0.1) is 5.92 Å². The van der Waals surface area contributed by atoms with Gasteiger partial charge in [0.1, 0.15) is 18.0 Å². The van der Waals surface area contributed by atoms with Gasteiger partial charge in [0, 0.05) is 12.1 Å². The van der Waals surface area contributed by atoms with Crippen LogP contribution in [0.25, 0.3) is 0 Å². The van der Waals surface area contributed by atoms with Crippen LogP contribution < -0.4 is 15.8 Å². The van der Waals surface area contributed by atoms with E-state index < -0.39 is 6.30 Å². The number of halogens is 3. The third-order valence-electron chi connectivity index (χ3n) is 5.64. The molecule has 9 heteroatoms. The van der Waals surface area contributed by atoms with Crippen LogP contribution in [-0.2, 0) is 0 Å². The van der Waals surface area contributed by atoms with Crippen LogP contribution in [-0.4, -0.2) is 36.9 Å². The lowest BCUT2D eigenvalue weighted by atomic mass is 9.94. The molecule has 1 fully saturated rings. The lowest BCUT2D eigenvalue weighted by molar-refractivity contribution is -0.125. The van der Waals surface area contributed by atoms with Gasteiger partial charge in [0.05, 0.1) is 23.5 Å². The molecule has 0 amide bonds. The standard InChI is InChI=1S/C21H24F3N5O/c1-13-9-10-29(11-13)17-12-30-18-8-3-2-5-14(18)20(17)26-15-6-4-7-16(19(15)25)27-28-21(22,23)24/h2-8,13,17,20,26H,9-12,25H2,1H3. The molecular formula is C21H24F3N5O. The Morgan fingerprint density at radius 1 is 1.17 bits per heavy atom. The minimum absolute atomic E-state index is 0.0241. The smallest absolute Gasteiger partial charge is 0.491 e. The highest BCUT2D eigenvalue weighted by Gasteiger charge is 2.37. The molecule has 2 aliphatic rings. The average molecular weight is 419 g/mol. The first-order valence-corrected chi connectivity index (χ1v) is 9.92. The van der Waals surface area contributed by atoms with Crippen molar-refractivity contribution in [1.82, 2.24) is 4.90 Å². The summed E-state index contributed by atoms with van der Waals surface area (Å²) in [6.07, 6.45) is -3.62. The normalized spacial score (nSPS) is 24.6. The Morgan fingerprint density at radius 2 is 1.97 bits per heavy atom. The molecule has 0 bridgehead atoms. The molecule has 3 unspecified atom stereocenters. The quantitative estimate of drug-likeness (QED) is 0.409. The predicted octanol–water partition coefficient (Wildman–Crippen LogP) is 5.13. The number of hydrogen-bond donors (Lipinski definition) is 2. The maximum atomic E-state index is 12.4. The zero-order valence-electron chi connectivity index (χ0n) is 16.6. The van der Waals surface area contributed by atoms with Gasteiger partial charge in [0.25, 0.3) is 0 Å². The summed E-state index contributed by atoms with van der Waals surface area (Å²) >= 11 is 0. The number of anilines is 2. The number of nitrogens with zero attached hydrogens (tertiary/aromatic N) is 3. The van der Waals surface area contributed by atoms with E-state index in [2.05, 4.69) is 27.4 Å². The van der Waals surface area contributed by atoms with Crippen molar-refractivity contribution in [3.8, 4) is 5.75 Å². The number of azo groups is 1. The minimum Gasteiger partial charge on any atom is -0.491 e. The fraction of sp³-hybridized carbons (Fsp3) is 0.429. The highest BCUT2D eigenvalue weighted by molar-refractivity contribution is 5.78. The number of nitrogens with one attached hydrogen (secondary N) is 1. The zero-order chi connectivity index (χ0) is 21.3. The third-order valence-corrected chi connectivity index (χ3v) is 5.64. The van der Waals surface area contributed by atoms with E-state index >= 15 is 0 Å². The summed E-state index contributed by atoms with van der Waals surface area (Å²) in [6.45, 7) is 4.70. The molecule has 2 aliphatic heterocycles. The second-order valence-electron chi connectivity index (χ2n) is 7.83. The van der Waals surface area contributed by atoms with Gasteiger partial charge in [-0.25, -0.2) is 0 Å². The highest BCUT2D eigenvalue weighted by atomic mass is 19.4. The minimum atomic E-state index is -4.74. The van der Waals surface area contributed by atoms with Crippen LogP contribution in [0.15, 0.2) is 52.7 Å². The molecular weight excluding hydrogens is 395 g/mol. The van der Waals surface area contributed by atoms with Crippen molar-refractivity contribution in [2.45, 2.75) is 31.7 Å².